The molecule has 0 atom stereocenters. The van der Waals surface area contributed by atoms with Crippen molar-refractivity contribution in [3.63, 3.8) is 0 Å². The zero-order chi connectivity index (χ0) is 18.9. The van der Waals surface area contributed by atoms with E-state index in [0.29, 0.717) is 0 Å². The first-order valence-corrected chi connectivity index (χ1v) is 9.00. The van der Waals surface area contributed by atoms with Crippen molar-refractivity contribution in [3.05, 3.63) is 95.6 Å². The minimum absolute atomic E-state index is 0.988. The van der Waals surface area contributed by atoms with Crippen LogP contribution in [-0.4, -0.2) is 28.2 Å². The molecule has 0 aliphatic carbocycles. The number of rotatable bonds is 4. The summed E-state index contributed by atoms with van der Waals surface area (Å²) >= 11 is 0. The standard InChI is InChI=1S/C17H22N2.C7H8/c1-18(2)16-9-5-14(6-10-16)13-15-7-11-17(12-8-15)19(3)4;1-7-5-3-2-4-6-7/h5-12H,13H2,1-4H3;2-6H,1H3. The molecule has 0 fully saturated rings. The number of hydrogen-bond acceptors (Lipinski definition) is 2. The van der Waals surface area contributed by atoms with Crippen LogP contribution in [0.2, 0.25) is 0 Å². The van der Waals surface area contributed by atoms with Crippen LogP contribution in [0.4, 0.5) is 11.4 Å². The van der Waals surface area contributed by atoms with Gasteiger partial charge in [0.25, 0.3) is 0 Å². The lowest BCUT2D eigenvalue weighted by Crippen LogP contribution is -2.08. The Morgan fingerprint density at radius 1 is 0.538 bits per heavy atom. The second kappa shape index (κ2) is 9.67. The van der Waals surface area contributed by atoms with Crippen molar-refractivity contribution in [2.24, 2.45) is 0 Å². The summed E-state index contributed by atoms with van der Waals surface area (Å²) in [6.07, 6.45) is 0.988. The van der Waals surface area contributed by atoms with E-state index in [1.807, 2.05) is 18.2 Å². The van der Waals surface area contributed by atoms with Crippen LogP contribution in [0.15, 0.2) is 78.9 Å². The van der Waals surface area contributed by atoms with Gasteiger partial charge in [-0.3, -0.25) is 0 Å². The van der Waals surface area contributed by atoms with Gasteiger partial charge >= 0.3 is 0 Å². The molecule has 0 saturated heterocycles. The Morgan fingerprint density at radius 3 is 1.19 bits per heavy atom. The first kappa shape index (κ1) is 19.6. The molecule has 26 heavy (non-hydrogen) atoms. The van der Waals surface area contributed by atoms with Gasteiger partial charge in [-0.05, 0) is 48.7 Å². The Bertz CT molecular complexity index is 708. The lowest BCUT2D eigenvalue weighted by molar-refractivity contribution is 1.11. The maximum absolute atomic E-state index is 2.20. The molecule has 0 amide bonds. The molecule has 0 aromatic heterocycles. The van der Waals surface area contributed by atoms with Gasteiger partial charge in [0.2, 0.25) is 0 Å². The molecule has 0 aliphatic heterocycles. The van der Waals surface area contributed by atoms with Crippen LogP contribution in [0.5, 0.6) is 0 Å². The first-order chi connectivity index (χ1) is 12.5. The highest BCUT2D eigenvalue weighted by atomic mass is 15.1. The largest absolute Gasteiger partial charge is 0.378 e. The molecule has 3 aromatic rings. The molecule has 3 rings (SSSR count). The summed E-state index contributed by atoms with van der Waals surface area (Å²) in [5, 5.41) is 0. The Balaban J connectivity index is 0.000000290. The Hall–Kier alpha value is -2.74. The van der Waals surface area contributed by atoms with Crippen molar-refractivity contribution >= 4 is 11.4 Å². The molecule has 0 radical (unpaired) electrons. The Labute approximate surface area is 158 Å². The van der Waals surface area contributed by atoms with Crippen LogP contribution < -0.4 is 9.80 Å². The van der Waals surface area contributed by atoms with E-state index in [1.165, 1.54) is 28.1 Å². The van der Waals surface area contributed by atoms with Gasteiger partial charge in [0.05, 0.1) is 0 Å². The fraction of sp³-hybridized carbons (Fsp3) is 0.250. The van der Waals surface area contributed by atoms with E-state index in [9.17, 15) is 0 Å². The van der Waals surface area contributed by atoms with Gasteiger partial charge in [0.1, 0.15) is 0 Å². The lowest BCUT2D eigenvalue weighted by atomic mass is 10.0. The maximum Gasteiger partial charge on any atom is 0.0361 e. The van der Waals surface area contributed by atoms with Crippen molar-refractivity contribution < 1.29 is 0 Å². The Morgan fingerprint density at radius 2 is 0.923 bits per heavy atom. The first-order valence-electron chi connectivity index (χ1n) is 9.00. The van der Waals surface area contributed by atoms with E-state index in [4.69, 9.17) is 0 Å². The molecule has 0 bridgehead atoms. The third-order valence-electron chi connectivity index (χ3n) is 4.25. The highest BCUT2D eigenvalue weighted by molar-refractivity contribution is 5.48. The average Bonchev–Trinajstić information content (AvgIpc) is 2.64. The normalized spacial score (nSPS) is 9.88. The van der Waals surface area contributed by atoms with Crippen molar-refractivity contribution in [3.8, 4) is 0 Å². The third kappa shape index (κ3) is 6.29. The van der Waals surface area contributed by atoms with E-state index in [0.717, 1.165) is 6.42 Å². The quantitative estimate of drug-likeness (QED) is 0.624. The van der Waals surface area contributed by atoms with E-state index >= 15 is 0 Å². The lowest BCUT2D eigenvalue weighted by Gasteiger charge is -2.14. The SMILES string of the molecule is CN(C)c1ccc(Cc2ccc(N(C)C)cc2)cc1.Cc1ccccc1. The molecule has 0 N–H and O–H groups in total. The van der Waals surface area contributed by atoms with Gasteiger partial charge in [-0.25, -0.2) is 0 Å². The predicted octanol–water partition coefficient (Wildman–Crippen LogP) is 5.40. The van der Waals surface area contributed by atoms with Crippen molar-refractivity contribution in [1.82, 2.24) is 0 Å². The third-order valence-corrected chi connectivity index (χ3v) is 4.25. The molecule has 2 nitrogen and oxygen atoms in total. The average molecular weight is 347 g/mol. The van der Waals surface area contributed by atoms with Crippen molar-refractivity contribution in [1.29, 1.82) is 0 Å². The highest BCUT2D eigenvalue weighted by Crippen LogP contribution is 2.17. The summed E-state index contributed by atoms with van der Waals surface area (Å²) in [7, 11) is 8.26. The maximum atomic E-state index is 2.20. The summed E-state index contributed by atoms with van der Waals surface area (Å²) in [5.74, 6) is 0. The second-order valence-electron chi connectivity index (χ2n) is 6.95. The Kier molecular flexibility index (Phi) is 7.28. The van der Waals surface area contributed by atoms with Gasteiger partial charge in [-0.1, -0.05) is 60.2 Å². The molecular formula is C24H30N2. The minimum atomic E-state index is 0.988. The molecule has 0 spiro atoms. The minimum Gasteiger partial charge on any atom is -0.378 e. The van der Waals surface area contributed by atoms with Crippen LogP contribution in [0.25, 0.3) is 0 Å². The molecule has 2 heteroatoms. The molecule has 0 aliphatic rings. The monoisotopic (exact) mass is 346 g/mol. The number of nitrogens with zero attached hydrogens (tertiary/aromatic N) is 2. The van der Waals surface area contributed by atoms with Gasteiger partial charge in [-0.2, -0.15) is 0 Å². The van der Waals surface area contributed by atoms with E-state index in [-0.39, 0.29) is 0 Å². The van der Waals surface area contributed by atoms with E-state index in [2.05, 4.69) is 106 Å². The van der Waals surface area contributed by atoms with Gasteiger partial charge in [-0.15, -0.1) is 0 Å². The zero-order valence-electron chi connectivity index (χ0n) is 16.6. The molecule has 0 heterocycles. The van der Waals surface area contributed by atoms with Crippen molar-refractivity contribution in [2.75, 3.05) is 38.0 Å². The molecule has 136 valence electrons. The predicted molar refractivity (Wildman–Crippen MR) is 116 cm³/mol. The fourth-order valence-corrected chi connectivity index (χ4v) is 2.59. The molecule has 0 unspecified atom stereocenters. The summed E-state index contributed by atoms with van der Waals surface area (Å²) in [4.78, 5) is 4.24. The topological polar surface area (TPSA) is 6.48 Å². The van der Waals surface area contributed by atoms with Crippen molar-refractivity contribution in [2.45, 2.75) is 13.3 Å². The van der Waals surface area contributed by atoms with E-state index < -0.39 is 0 Å². The van der Waals surface area contributed by atoms with Crippen LogP contribution in [0.1, 0.15) is 16.7 Å². The number of aryl methyl sites for hydroxylation is 1. The van der Waals surface area contributed by atoms with Crippen LogP contribution in [-0.2, 0) is 6.42 Å². The number of anilines is 2. The molecule has 3 aromatic carbocycles. The zero-order valence-corrected chi connectivity index (χ0v) is 16.6. The van der Waals surface area contributed by atoms with Gasteiger partial charge in [0, 0.05) is 39.6 Å². The van der Waals surface area contributed by atoms with E-state index in [1.54, 1.807) is 0 Å². The summed E-state index contributed by atoms with van der Waals surface area (Å²) in [5.41, 5.74) is 6.51. The van der Waals surface area contributed by atoms with Crippen LogP contribution in [0.3, 0.4) is 0 Å². The fourth-order valence-electron chi connectivity index (χ4n) is 2.59. The van der Waals surface area contributed by atoms with Crippen LogP contribution in [0, 0.1) is 6.92 Å². The summed E-state index contributed by atoms with van der Waals surface area (Å²) in [6.45, 7) is 2.08. The van der Waals surface area contributed by atoms with Crippen LogP contribution >= 0.6 is 0 Å². The second-order valence-corrected chi connectivity index (χ2v) is 6.95. The summed E-state index contributed by atoms with van der Waals surface area (Å²) in [6, 6.07) is 27.8. The molecular weight excluding hydrogens is 316 g/mol. The highest BCUT2D eigenvalue weighted by Gasteiger charge is 2.00. The smallest absolute Gasteiger partial charge is 0.0361 e. The van der Waals surface area contributed by atoms with Gasteiger partial charge < -0.3 is 9.80 Å². The number of hydrogen-bond donors (Lipinski definition) is 0. The summed E-state index contributed by atoms with van der Waals surface area (Å²) < 4.78 is 0. The van der Waals surface area contributed by atoms with Gasteiger partial charge in [0.15, 0.2) is 0 Å². The molecule has 0 saturated carbocycles. The number of benzene rings is 3.